The first-order valence-electron chi connectivity index (χ1n) is 9.38. The molecule has 144 valence electrons. The fourth-order valence-corrected chi connectivity index (χ4v) is 3.16. The predicted octanol–water partition coefficient (Wildman–Crippen LogP) is 3.72. The van der Waals surface area contributed by atoms with Crippen LogP contribution in [0.1, 0.15) is 36.1 Å². The maximum absolute atomic E-state index is 12.2. The molecule has 1 aliphatic heterocycles. The molecule has 0 aliphatic carbocycles. The zero-order valence-corrected chi connectivity index (χ0v) is 16.4. The average molecular weight is 369 g/mol. The first-order valence-corrected chi connectivity index (χ1v) is 9.38. The van der Waals surface area contributed by atoms with Crippen molar-refractivity contribution >= 4 is 5.91 Å². The zero-order chi connectivity index (χ0) is 19.4. The second-order valence-corrected chi connectivity index (χ2v) is 6.97. The lowest BCUT2D eigenvalue weighted by molar-refractivity contribution is -0.123. The number of aryl methyl sites for hydroxylation is 2. The van der Waals surface area contributed by atoms with E-state index in [2.05, 4.69) is 5.32 Å². The van der Waals surface area contributed by atoms with Crippen molar-refractivity contribution in [2.24, 2.45) is 0 Å². The van der Waals surface area contributed by atoms with Gasteiger partial charge in [-0.1, -0.05) is 12.1 Å². The number of ether oxygens (including phenoxy) is 3. The summed E-state index contributed by atoms with van der Waals surface area (Å²) in [5.74, 6) is 2.24. The Kier molecular flexibility index (Phi) is 5.89. The highest BCUT2D eigenvalue weighted by Gasteiger charge is 2.22. The van der Waals surface area contributed by atoms with E-state index in [1.165, 1.54) is 0 Å². The van der Waals surface area contributed by atoms with E-state index in [1.807, 2.05) is 58.0 Å². The van der Waals surface area contributed by atoms with Crippen LogP contribution in [0.15, 0.2) is 30.3 Å². The third-order valence-electron chi connectivity index (χ3n) is 4.56. The van der Waals surface area contributed by atoms with Crippen LogP contribution in [-0.4, -0.2) is 25.2 Å². The van der Waals surface area contributed by atoms with Crippen LogP contribution in [0, 0.1) is 13.8 Å². The molecule has 1 amide bonds. The van der Waals surface area contributed by atoms with Gasteiger partial charge < -0.3 is 19.5 Å². The summed E-state index contributed by atoms with van der Waals surface area (Å²) >= 11 is 0. The molecule has 0 aromatic heterocycles. The van der Waals surface area contributed by atoms with Crippen molar-refractivity contribution in [2.45, 2.75) is 46.8 Å². The summed E-state index contributed by atoms with van der Waals surface area (Å²) in [5, 5.41) is 2.90. The van der Waals surface area contributed by atoms with Crippen molar-refractivity contribution in [2.75, 3.05) is 13.2 Å². The minimum atomic E-state index is -0.173. The third kappa shape index (κ3) is 4.73. The monoisotopic (exact) mass is 369 g/mol. The summed E-state index contributed by atoms with van der Waals surface area (Å²) in [7, 11) is 0. The number of carbonyl (C=O) groups is 1. The molecule has 2 aromatic rings. The molecule has 1 heterocycles. The lowest BCUT2D eigenvalue weighted by atomic mass is 10.1. The normalized spacial score (nSPS) is 15.0. The highest BCUT2D eigenvalue weighted by Crippen LogP contribution is 2.35. The molecule has 1 aliphatic rings. The first-order chi connectivity index (χ1) is 13.0. The Labute approximate surface area is 160 Å². The predicted molar refractivity (Wildman–Crippen MR) is 105 cm³/mol. The van der Waals surface area contributed by atoms with Crippen LogP contribution in [0.4, 0.5) is 0 Å². The summed E-state index contributed by atoms with van der Waals surface area (Å²) in [6, 6.07) is 9.94. The van der Waals surface area contributed by atoms with Gasteiger partial charge in [0.1, 0.15) is 23.4 Å². The first kappa shape index (κ1) is 19.1. The van der Waals surface area contributed by atoms with E-state index in [0.717, 1.165) is 45.9 Å². The second-order valence-electron chi connectivity index (χ2n) is 6.97. The van der Waals surface area contributed by atoms with Gasteiger partial charge in [-0.2, -0.15) is 0 Å². The fourth-order valence-electron chi connectivity index (χ4n) is 3.16. The molecule has 1 atom stereocenters. The number of hydrogen-bond acceptors (Lipinski definition) is 4. The lowest BCUT2D eigenvalue weighted by Gasteiger charge is -2.14. The largest absolute Gasteiger partial charge is 0.494 e. The Morgan fingerprint density at radius 3 is 2.78 bits per heavy atom. The number of rotatable bonds is 7. The van der Waals surface area contributed by atoms with E-state index in [0.29, 0.717) is 13.2 Å². The van der Waals surface area contributed by atoms with Gasteiger partial charge in [0, 0.05) is 24.1 Å². The minimum Gasteiger partial charge on any atom is -0.494 e. The Morgan fingerprint density at radius 1 is 1.19 bits per heavy atom. The maximum atomic E-state index is 12.2. The van der Waals surface area contributed by atoms with Gasteiger partial charge in [-0.25, -0.2) is 0 Å². The van der Waals surface area contributed by atoms with E-state index in [1.54, 1.807) is 0 Å². The molecule has 3 rings (SSSR count). The molecule has 0 fully saturated rings. The van der Waals surface area contributed by atoms with Crippen LogP contribution in [0.3, 0.4) is 0 Å². The molecule has 27 heavy (non-hydrogen) atoms. The van der Waals surface area contributed by atoms with Crippen molar-refractivity contribution in [3.8, 4) is 17.2 Å². The molecular weight excluding hydrogens is 342 g/mol. The average Bonchev–Trinajstić information content (AvgIpc) is 2.99. The summed E-state index contributed by atoms with van der Waals surface area (Å²) in [6.07, 6.45) is 1.05. The van der Waals surface area contributed by atoms with Gasteiger partial charge in [-0.15, -0.1) is 0 Å². The third-order valence-corrected chi connectivity index (χ3v) is 4.56. The molecule has 5 heteroatoms. The van der Waals surface area contributed by atoms with Crippen LogP contribution >= 0.6 is 0 Å². The lowest BCUT2D eigenvalue weighted by Crippen LogP contribution is -2.28. The van der Waals surface area contributed by atoms with Crippen molar-refractivity contribution < 1.29 is 19.0 Å². The number of nitrogens with one attached hydrogen (secondary N) is 1. The van der Waals surface area contributed by atoms with Crippen LogP contribution in [0.5, 0.6) is 17.2 Å². The van der Waals surface area contributed by atoms with Crippen molar-refractivity contribution in [1.82, 2.24) is 5.32 Å². The van der Waals surface area contributed by atoms with Crippen LogP contribution in [0.2, 0.25) is 0 Å². The molecule has 1 unspecified atom stereocenters. The molecule has 5 nitrogen and oxygen atoms in total. The van der Waals surface area contributed by atoms with Crippen LogP contribution < -0.4 is 19.5 Å². The fraction of sp³-hybridized carbons (Fsp3) is 0.409. The summed E-state index contributed by atoms with van der Waals surface area (Å²) in [4.78, 5) is 12.2. The Morgan fingerprint density at radius 2 is 2.00 bits per heavy atom. The van der Waals surface area contributed by atoms with Crippen LogP contribution in [0.25, 0.3) is 0 Å². The molecular formula is C22H27NO4. The minimum absolute atomic E-state index is 0.0211. The highest BCUT2D eigenvalue weighted by molar-refractivity contribution is 5.77. The standard InChI is InChI=1S/C22H27NO4/c1-5-25-20-10-17-9-16(4)27-21(17)11-18(20)12-23-22(24)13-26-19-8-14(2)6-7-15(19)3/h6-8,10-11,16H,5,9,12-13H2,1-4H3,(H,23,24). The number of fused-ring (bicyclic) bond motifs is 1. The number of benzene rings is 2. The van der Waals surface area contributed by atoms with Gasteiger partial charge in [0.15, 0.2) is 6.61 Å². The van der Waals surface area contributed by atoms with Gasteiger partial charge in [0.05, 0.1) is 6.61 Å². The molecule has 0 spiro atoms. The Hall–Kier alpha value is -2.69. The van der Waals surface area contributed by atoms with Crippen molar-refractivity contribution in [1.29, 1.82) is 0 Å². The molecule has 1 N–H and O–H groups in total. The van der Waals surface area contributed by atoms with Gasteiger partial charge in [0.25, 0.3) is 5.91 Å². The van der Waals surface area contributed by atoms with Gasteiger partial charge in [0.2, 0.25) is 0 Å². The zero-order valence-electron chi connectivity index (χ0n) is 16.4. The number of amides is 1. The SMILES string of the molecule is CCOc1cc2c(cc1CNC(=O)COc1cc(C)ccc1C)OC(C)C2. The molecule has 0 radical (unpaired) electrons. The maximum Gasteiger partial charge on any atom is 0.258 e. The molecule has 0 saturated heterocycles. The van der Waals surface area contributed by atoms with Crippen molar-refractivity contribution in [3.63, 3.8) is 0 Å². The number of hydrogen-bond donors (Lipinski definition) is 1. The quantitative estimate of drug-likeness (QED) is 0.808. The van der Waals surface area contributed by atoms with Crippen molar-refractivity contribution in [3.05, 3.63) is 52.6 Å². The Bertz CT molecular complexity index is 831. The van der Waals surface area contributed by atoms with Gasteiger partial charge >= 0.3 is 0 Å². The van der Waals surface area contributed by atoms with Gasteiger partial charge in [-0.3, -0.25) is 4.79 Å². The summed E-state index contributed by atoms with van der Waals surface area (Å²) < 4.78 is 17.2. The van der Waals surface area contributed by atoms with E-state index < -0.39 is 0 Å². The summed E-state index contributed by atoms with van der Waals surface area (Å²) in [5.41, 5.74) is 4.17. The topological polar surface area (TPSA) is 56.8 Å². The van der Waals surface area contributed by atoms with E-state index in [4.69, 9.17) is 14.2 Å². The van der Waals surface area contributed by atoms with E-state index >= 15 is 0 Å². The molecule has 2 aromatic carbocycles. The Balaban J connectivity index is 1.61. The molecule has 0 bridgehead atoms. The van der Waals surface area contributed by atoms with E-state index in [9.17, 15) is 4.79 Å². The number of carbonyl (C=O) groups excluding carboxylic acids is 1. The molecule has 0 saturated carbocycles. The summed E-state index contributed by atoms with van der Waals surface area (Å²) in [6.45, 7) is 8.89. The van der Waals surface area contributed by atoms with Gasteiger partial charge in [-0.05, 0) is 57.0 Å². The smallest absolute Gasteiger partial charge is 0.258 e. The van der Waals surface area contributed by atoms with E-state index in [-0.39, 0.29) is 18.6 Å². The van der Waals surface area contributed by atoms with Crippen LogP contribution in [-0.2, 0) is 17.8 Å². The highest BCUT2D eigenvalue weighted by atomic mass is 16.5. The second kappa shape index (κ2) is 8.33.